The Morgan fingerprint density at radius 3 is 2.36 bits per heavy atom. The Kier molecular flexibility index (Phi) is 7.33. The third-order valence-corrected chi connectivity index (χ3v) is 1.62. The van der Waals surface area contributed by atoms with E-state index in [0.717, 1.165) is 11.6 Å². The normalized spacial score (nSPS) is 11.9. The van der Waals surface area contributed by atoms with Crippen molar-refractivity contribution in [1.82, 2.24) is 4.98 Å². The molecule has 0 aliphatic carbocycles. The van der Waals surface area contributed by atoms with Crippen LogP contribution in [-0.2, 0) is 4.79 Å². The molecule has 0 saturated heterocycles. The highest BCUT2D eigenvalue weighted by atomic mass is 16.1. The van der Waals surface area contributed by atoms with Crippen molar-refractivity contribution in [2.24, 2.45) is 0 Å². The number of aldehydes is 1. The molecule has 1 heterocycles. The van der Waals surface area contributed by atoms with Gasteiger partial charge in [0.25, 0.3) is 0 Å². The highest BCUT2D eigenvalue weighted by Gasteiger charge is 1.78. The summed E-state index contributed by atoms with van der Waals surface area (Å²) in [7, 11) is 0. The summed E-state index contributed by atoms with van der Waals surface area (Å²) in [5.74, 6) is 0. The second kappa shape index (κ2) is 8.17. The molecule has 1 aromatic heterocycles. The smallest absolute Gasteiger partial charge is 0.119 e. The van der Waals surface area contributed by atoms with Crippen LogP contribution in [0.4, 0.5) is 0 Å². The Morgan fingerprint density at radius 1 is 1.36 bits per heavy atom. The molecule has 0 fully saturated rings. The molecular formula is C12H17NO. The number of nitrogens with zero attached hydrogens (tertiary/aromatic N) is 1. The third kappa shape index (κ3) is 4.55. The predicted molar refractivity (Wildman–Crippen MR) is 60.1 cm³/mol. The lowest BCUT2D eigenvalue weighted by Crippen LogP contribution is -2.26. The van der Waals surface area contributed by atoms with Crippen molar-refractivity contribution in [2.45, 2.75) is 27.2 Å². The van der Waals surface area contributed by atoms with Crippen LogP contribution in [0.15, 0.2) is 18.3 Å². The van der Waals surface area contributed by atoms with Crippen molar-refractivity contribution in [3.8, 4) is 0 Å². The first-order valence-corrected chi connectivity index (χ1v) is 4.77. The third-order valence-electron chi connectivity index (χ3n) is 1.62. The molecule has 1 rings (SSSR count). The van der Waals surface area contributed by atoms with Gasteiger partial charge >= 0.3 is 0 Å². The molecule has 0 atom stereocenters. The van der Waals surface area contributed by atoms with Crippen molar-refractivity contribution in [1.29, 1.82) is 0 Å². The van der Waals surface area contributed by atoms with Crippen molar-refractivity contribution in [2.75, 3.05) is 0 Å². The second-order valence-electron chi connectivity index (χ2n) is 2.63. The minimum Gasteiger partial charge on any atom is -0.303 e. The predicted octanol–water partition coefficient (Wildman–Crippen LogP) is 1.28. The average Bonchev–Trinajstić information content (AvgIpc) is 2.29. The minimum atomic E-state index is 0.639. The van der Waals surface area contributed by atoms with Crippen LogP contribution in [0.5, 0.6) is 0 Å². The quantitative estimate of drug-likeness (QED) is 0.626. The SMILES string of the molecule is C/C=c1/cccn/c1=C/C.CCC=O. The zero-order valence-electron chi connectivity index (χ0n) is 9.03. The number of carbonyl (C=O) groups is 1. The van der Waals surface area contributed by atoms with E-state index >= 15 is 0 Å². The van der Waals surface area contributed by atoms with Crippen LogP contribution in [0.3, 0.4) is 0 Å². The van der Waals surface area contributed by atoms with Gasteiger partial charge in [-0.2, -0.15) is 0 Å². The first kappa shape index (κ1) is 12.6. The molecule has 0 amide bonds. The van der Waals surface area contributed by atoms with Crippen molar-refractivity contribution in [3.63, 3.8) is 0 Å². The molecule has 1 aromatic rings. The largest absolute Gasteiger partial charge is 0.303 e. The zero-order chi connectivity index (χ0) is 10.8. The fourth-order valence-corrected chi connectivity index (χ4v) is 0.915. The summed E-state index contributed by atoms with van der Waals surface area (Å²) in [4.78, 5) is 13.4. The monoisotopic (exact) mass is 191 g/mol. The summed E-state index contributed by atoms with van der Waals surface area (Å²) in [6.45, 7) is 5.83. The van der Waals surface area contributed by atoms with Crippen LogP contribution in [0.1, 0.15) is 27.2 Å². The van der Waals surface area contributed by atoms with E-state index in [2.05, 4.69) is 17.1 Å². The summed E-state index contributed by atoms with van der Waals surface area (Å²) in [6, 6.07) is 4.00. The number of hydrogen-bond acceptors (Lipinski definition) is 2. The maximum atomic E-state index is 9.17. The highest BCUT2D eigenvalue weighted by Crippen LogP contribution is 1.66. The Balaban J connectivity index is 0.000000364. The van der Waals surface area contributed by atoms with Gasteiger partial charge in [0.1, 0.15) is 6.29 Å². The van der Waals surface area contributed by atoms with Gasteiger partial charge in [0, 0.05) is 12.6 Å². The Bertz CT molecular complexity index is 335. The summed E-state index contributed by atoms with van der Waals surface area (Å²) < 4.78 is 0. The van der Waals surface area contributed by atoms with Crippen molar-refractivity contribution < 1.29 is 4.79 Å². The standard InChI is InChI=1S/C9H11N.C3H6O/c1-3-8-6-5-7-10-9(8)4-2;1-2-3-4/h3-7H,1-2H3;3H,2H2,1H3/b8-3-,9-4+;. The molecule has 0 aliphatic rings. The Morgan fingerprint density at radius 2 is 2.00 bits per heavy atom. The fourth-order valence-electron chi connectivity index (χ4n) is 0.915. The Labute approximate surface area is 85.0 Å². The van der Waals surface area contributed by atoms with E-state index in [1.165, 1.54) is 5.22 Å². The fraction of sp³-hybridized carbons (Fsp3) is 0.333. The van der Waals surface area contributed by atoms with Crippen LogP contribution >= 0.6 is 0 Å². The molecule has 0 bridgehead atoms. The first-order valence-electron chi connectivity index (χ1n) is 4.77. The van der Waals surface area contributed by atoms with Gasteiger partial charge in [-0.05, 0) is 25.1 Å². The lowest BCUT2D eigenvalue weighted by molar-refractivity contribution is -0.107. The van der Waals surface area contributed by atoms with Crippen LogP contribution in [0.25, 0.3) is 12.2 Å². The summed E-state index contributed by atoms with van der Waals surface area (Å²) in [6.07, 6.45) is 7.39. The lowest BCUT2D eigenvalue weighted by atomic mass is 10.3. The summed E-state index contributed by atoms with van der Waals surface area (Å²) in [5, 5.41) is 2.26. The Hall–Kier alpha value is -1.44. The molecule has 2 nitrogen and oxygen atoms in total. The van der Waals surface area contributed by atoms with Crippen LogP contribution in [0, 0.1) is 0 Å². The van der Waals surface area contributed by atoms with E-state index in [-0.39, 0.29) is 0 Å². The molecule has 0 unspecified atom stereocenters. The van der Waals surface area contributed by atoms with Crippen molar-refractivity contribution >= 4 is 18.4 Å². The zero-order valence-corrected chi connectivity index (χ0v) is 9.03. The van der Waals surface area contributed by atoms with Gasteiger partial charge in [0.05, 0.1) is 5.35 Å². The van der Waals surface area contributed by atoms with Gasteiger partial charge in [-0.3, -0.25) is 4.98 Å². The van der Waals surface area contributed by atoms with Gasteiger partial charge in [-0.15, -0.1) is 0 Å². The van der Waals surface area contributed by atoms with Crippen LogP contribution < -0.4 is 10.6 Å². The van der Waals surface area contributed by atoms with E-state index in [9.17, 15) is 4.79 Å². The molecule has 0 saturated carbocycles. The number of carbonyl (C=O) groups excluding carboxylic acids is 1. The molecule has 2 heteroatoms. The van der Waals surface area contributed by atoms with Gasteiger partial charge in [0.2, 0.25) is 0 Å². The molecule has 0 aromatic carbocycles. The van der Waals surface area contributed by atoms with Gasteiger partial charge in [-0.25, -0.2) is 0 Å². The van der Waals surface area contributed by atoms with Gasteiger partial charge in [-0.1, -0.05) is 25.1 Å². The highest BCUT2D eigenvalue weighted by molar-refractivity contribution is 5.48. The van der Waals surface area contributed by atoms with Crippen LogP contribution in [0.2, 0.25) is 0 Å². The van der Waals surface area contributed by atoms with E-state index in [4.69, 9.17) is 0 Å². The summed E-state index contributed by atoms with van der Waals surface area (Å²) >= 11 is 0. The molecular weight excluding hydrogens is 174 g/mol. The molecule has 0 aliphatic heterocycles. The molecule has 14 heavy (non-hydrogen) atoms. The van der Waals surface area contributed by atoms with Crippen molar-refractivity contribution in [3.05, 3.63) is 28.9 Å². The van der Waals surface area contributed by atoms with Gasteiger partial charge < -0.3 is 4.79 Å². The van der Waals surface area contributed by atoms with Crippen LogP contribution in [-0.4, -0.2) is 11.3 Å². The minimum absolute atomic E-state index is 0.639. The van der Waals surface area contributed by atoms with Gasteiger partial charge in [0.15, 0.2) is 0 Å². The maximum absolute atomic E-state index is 9.17. The first-order chi connectivity index (χ1) is 6.79. The molecule has 0 radical (unpaired) electrons. The van der Waals surface area contributed by atoms with E-state index in [0.29, 0.717) is 6.42 Å². The number of pyridine rings is 1. The number of aromatic nitrogens is 1. The lowest BCUT2D eigenvalue weighted by Gasteiger charge is -1.84. The van der Waals surface area contributed by atoms with E-state index < -0.39 is 0 Å². The molecule has 0 N–H and O–H groups in total. The average molecular weight is 191 g/mol. The van der Waals surface area contributed by atoms with E-state index in [1.807, 2.05) is 39.1 Å². The number of rotatable bonds is 1. The maximum Gasteiger partial charge on any atom is 0.119 e. The van der Waals surface area contributed by atoms with E-state index in [1.54, 1.807) is 0 Å². The number of hydrogen-bond donors (Lipinski definition) is 0. The second-order valence-corrected chi connectivity index (χ2v) is 2.63. The summed E-state index contributed by atoms with van der Waals surface area (Å²) in [5.41, 5.74) is 0. The topological polar surface area (TPSA) is 30.0 Å². The molecule has 76 valence electrons. The molecule has 0 spiro atoms.